The summed E-state index contributed by atoms with van der Waals surface area (Å²) in [5.41, 5.74) is 4.79. The molecular formula is C13H25N3O4S. The fraction of sp³-hybridized carbons (Fsp3) is 0.846. The van der Waals surface area contributed by atoms with Gasteiger partial charge in [0.05, 0.1) is 0 Å². The molecule has 0 radical (unpaired) electrons. The van der Waals surface area contributed by atoms with Crippen molar-refractivity contribution in [2.75, 3.05) is 6.26 Å². The molecule has 21 heavy (non-hydrogen) atoms. The number of amidine groups is 1. The molecule has 1 aliphatic rings. The Morgan fingerprint density at radius 1 is 1.38 bits per heavy atom. The van der Waals surface area contributed by atoms with Crippen molar-refractivity contribution in [3.05, 3.63) is 0 Å². The summed E-state index contributed by atoms with van der Waals surface area (Å²) in [6, 6.07) is 0. The standard InChI is InChI=1S/C13H25N3O4S/c1-9-5-7-13(8-6-9,10(14)16-18)15-11(17)12(2,3)21(4,19)20/h9,18H,5-8H2,1-4H3,(H2,14,16)(H,15,17). The summed E-state index contributed by atoms with van der Waals surface area (Å²) in [6.45, 7) is 4.80. The van der Waals surface area contributed by atoms with E-state index in [4.69, 9.17) is 10.9 Å². The summed E-state index contributed by atoms with van der Waals surface area (Å²) in [6.07, 6.45) is 3.70. The first kappa shape index (κ1) is 17.7. The van der Waals surface area contributed by atoms with Crippen LogP contribution in [0.25, 0.3) is 0 Å². The molecule has 1 saturated carbocycles. The lowest BCUT2D eigenvalue weighted by atomic mass is 9.76. The quantitative estimate of drug-likeness (QED) is 0.303. The highest BCUT2D eigenvalue weighted by molar-refractivity contribution is 7.92. The maximum absolute atomic E-state index is 12.4. The molecule has 0 heterocycles. The Labute approximate surface area is 125 Å². The van der Waals surface area contributed by atoms with Crippen molar-refractivity contribution in [1.29, 1.82) is 0 Å². The van der Waals surface area contributed by atoms with Crippen LogP contribution in [-0.4, -0.2) is 41.9 Å². The van der Waals surface area contributed by atoms with Crippen molar-refractivity contribution >= 4 is 21.6 Å². The number of rotatable bonds is 4. The Hall–Kier alpha value is -1.31. The number of nitrogens with one attached hydrogen (secondary N) is 1. The molecule has 0 aliphatic heterocycles. The van der Waals surface area contributed by atoms with Crippen LogP contribution in [0, 0.1) is 5.92 Å². The summed E-state index contributed by atoms with van der Waals surface area (Å²) in [7, 11) is -3.58. The number of carbonyl (C=O) groups excluding carboxylic acids is 1. The number of carbonyl (C=O) groups is 1. The van der Waals surface area contributed by atoms with E-state index in [1.807, 2.05) is 0 Å². The van der Waals surface area contributed by atoms with Crippen LogP contribution in [0.15, 0.2) is 5.16 Å². The Morgan fingerprint density at radius 2 is 1.86 bits per heavy atom. The number of hydrogen-bond acceptors (Lipinski definition) is 5. The molecule has 0 spiro atoms. The van der Waals surface area contributed by atoms with Crippen molar-refractivity contribution in [3.8, 4) is 0 Å². The van der Waals surface area contributed by atoms with Gasteiger partial charge in [-0.3, -0.25) is 4.79 Å². The van der Waals surface area contributed by atoms with E-state index in [1.54, 1.807) is 0 Å². The molecule has 0 aromatic heterocycles. The number of hydrogen-bond donors (Lipinski definition) is 3. The van der Waals surface area contributed by atoms with Gasteiger partial charge in [-0.2, -0.15) is 0 Å². The highest BCUT2D eigenvalue weighted by Gasteiger charge is 2.46. The van der Waals surface area contributed by atoms with Gasteiger partial charge in [0.15, 0.2) is 15.7 Å². The molecule has 0 saturated heterocycles. The zero-order chi connectivity index (χ0) is 16.5. The van der Waals surface area contributed by atoms with Gasteiger partial charge >= 0.3 is 0 Å². The van der Waals surface area contributed by atoms with E-state index in [0.29, 0.717) is 18.8 Å². The molecule has 7 nitrogen and oxygen atoms in total. The molecule has 0 aromatic rings. The zero-order valence-corrected chi connectivity index (χ0v) is 13.8. The molecule has 122 valence electrons. The molecule has 0 atom stereocenters. The average Bonchev–Trinajstić information content (AvgIpc) is 2.39. The normalized spacial score (nSPS) is 28.2. The minimum absolute atomic E-state index is 0.0768. The summed E-state index contributed by atoms with van der Waals surface area (Å²) in [4.78, 5) is 12.4. The molecule has 4 N–H and O–H groups in total. The third-order valence-electron chi connectivity index (χ3n) is 4.55. The van der Waals surface area contributed by atoms with Crippen LogP contribution in [-0.2, 0) is 14.6 Å². The summed E-state index contributed by atoms with van der Waals surface area (Å²) >= 11 is 0. The van der Waals surface area contributed by atoms with E-state index in [1.165, 1.54) is 13.8 Å². The van der Waals surface area contributed by atoms with E-state index < -0.39 is 26.0 Å². The van der Waals surface area contributed by atoms with Gasteiger partial charge < -0.3 is 16.3 Å². The average molecular weight is 319 g/mol. The first-order valence-electron chi connectivity index (χ1n) is 6.96. The number of amides is 1. The first-order valence-corrected chi connectivity index (χ1v) is 8.85. The lowest BCUT2D eigenvalue weighted by Gasteiger charge is -2.40. The van der Waals surface area contributed by atoms with Crippen molar-refractivity contribution in [2.45, 2.75) is 56.7 Å². The second kappa shape index (κ2) is 5.82. The second-order valence-electron chi connectivity index (χ2n) is 6.49. The largest absolute Gasteiger partial charge is 0.409 e. The van der Waals surface area contributed by atoms with Crippen LogP contribution in [0.3, 0.4) is 0 Å². The fourth-order valence-electron chi connectivity index (χ4n) is 2.33. The van der Waals surface area contributed by atoms with Gasteiger partial charge in [0.25, 0.3) is 0 Å². The molecular weight excluding hydrogens is 294 g/mol. The Bertz CT molecular complexity index is 532. The van der Waals surface area contributed by atoms with Crippen LogP contribution < -0.4 is 11.1 Å². The fourth-order valence-corrected chi connectivity index (χ4v) is 2.72. The molecule has 0 aromatic carbocycles. The maximum atomic E-state index is 12.4. The van der Waals surface area contributed by atoms with E-state index in [2.05, 4.69) is 17.4 Å². The molecule has 0 unspecified atom stereocenters. The van der Waals surface area contributed by atoms with Crippen molar-refractivity contribution in [3.63, 3.8) is 0 Å². The highest BCUT2D eigenvalue weighted by atomic mass is 32.2. The Balaban J connectivity index is 3.07. The van der Waals surface area contributed by atoms with Gasteiger partial charge in [-0.05, 0) is 45.4 Å². The minimum atomic E-state index is -3.58. The monoisotopic (exact) mass is 319 g/mol. The topological polar surface area (TPSA) is 122 Å². The van der Waals surface area contributed by atoms with E-state index in [9.17, 15) is 13.2 Å². The van der Waals surface area contributed by atoms with Gasteiger partial charge in [-0.25, -0.2) is 8.42 Å². The third kappa shape index (κ3) is 3.48. The van der Waals surface area contributed by atoms with Crippen LogP contribution in [0.5, 0.6) is 0 Å². The lowest BCUT2D eigenvalue weighted by Crippen LogP contribution is -2.63. The minimum Gasteiger partial charge on any atom is -0.409 e. The van der Waals surface area contributed by atoms with Gasteiger partial charge in [0.2, 0.25) is 5.91 Å². The Morgan fingerprint density at radius 3 is 2.24 bits per heavy atom. The SMILES string of the molecule is CC1CCC(NC(=O)C(C)(C)S(C)(=O)=O)(C(N)=NO)CC1. The summed E-state index contributed by atoms with van der Waals surface area (Å²) in [5, 5.41) is 14.7. The van der Waals surface area contributed by atoms with Gasteiger partial charge in [-0.15, -0.1) is 0 Å². The molecule has 1 fully saturated rings. The van der Waals surface area contributed by atoms with Crippen molar-refractivity contribution in [2.24, 2.45) is 16.8 Å². The van der Waals surface area contributed by atoms with Crippen LogP contribution in [0.1, 0.15) is 46.5 Å². The van der Waals surface area contributed by atoms with E-state index in [-0.39, 0.29) is 5.84 Å². The molecule has 0 bridgehead atoms. The highest BCUT2D eigenvalue weighted by Crippen LogP contribution is 2.33. The van der Waals surface area contributed by atoms with E-state index >= 15 is 0 Å². The number of nitrogens with two attached hydrogens (primary N) is 1. The molecule has 1 aliphatic carbocycles. The van der Waals surface area contributed by atoms with Crippen LogP contribution in [0.2, 0.25) is 0 Å². The van der Waals surface area contributed by atoms with Crippen LogP contribution in [0.4, 0.5) is 0 Å². The van der Waals surface area contributed by atoms with Crippen LogP contribution >= 0.6 is 0 Å². The van der Waals surface area contributed by atoms with Gasteiger partial charge in [0.1, 0.15) is 10.3 Å². The number of oxime groups is 1. The maximum Gasteiger partial charge on any atom is 0.241 e. The lowest BCUT2D eigenvalue weighted by molar-refractivity contribution is -0.124. The molecule has 8 heteroatoms. The smallest absolute Gasteiger partial charge is 0.241 e. The van der Waals surface area contributed by atoms with E-state index in [0.717, 1.165) is 19.1 Å². The van der Waals surface area contributed by atoms with Gasteiger partial charge in [0, 0.05) is 6.26 Å². The van der Waals surface area contributed by atoms with Crippen molar-refractivity contribution < 1.29 is 18.4 Å². The molecule has 1 amide bonds. The first-order chi connectivity index (χ1) is 9.46. The third-order valence-corrected chi connectivity index (χ3v) is 6.59. The number of sulfone groups is 1. The van der Waals surface area contributed by atoms with Gasteiger partial charge in [-0.1, -0.05) is 12.1 Å². The summed E-state index contributed by atoms with van der Waals surface area (Å²) in [5.74, 6) is -0.220. The van der Waals surface area contributed by atoms with Crippen molar-refractivity contribution in [1.82, 2.24) is 5.32 Å². The Kier molecular flexibility index (Phi) is 4.92. The molecule has 1 rings (SSSR count). The number of nitrogens with zero attached hydrogens (tertiary/aromatic N) is 1. The summed E-state index contributed by atoms with van der Waals surface area (Å²) < 4.78 is 21.9. The zero-order valence-electron chi connectivity index (χ0n) is 13.0. The predicted molar refractivity (Wildman–Crippen MR) is 80.8 cm³/mol. The second-order valence-corrected chi connectivity index (χ2v) is 9.05. The predicted octanol–water partition coefficient (Wildman–Crippen LogP) is 0.621.